The zero-order valence-electron chi connectivity index (χ0n) is 15.7. The second kappa shape index (κ2) is 10.6. The van der Waals surface area contributed by atoms with Gasteiger partial charge in [-0.1, -0.05) is 43.6 Å². The van der Waals surface area contributed by atoms with E-state index in [0.717, 1.165) is 55.6 Å². The van der Waals surface area contributed by atoms with E-state index in [9.17, 15) is 0 Å². The van der Waals surface area contributed by atoms with Crippen molar-refractivity contribution in [1.82, 2.24) is 10.2 Å². The van der Waals surface area contributed by atoms with Gasteiger partial charge in [0, 0.05) is 43.7 Å². The second-order valence-corrected chi connectivity index (χ2v) is 7.31. The molecule has 1 heterocycles. The first-order valence-electron chi connectivity index (χ1n) is 8.80. The van der Waals surface area contributed by atoms with Gasteiger partial charge in [0.2, 0.25) is 0 Å². The SMILES string of the molecule is CCOC1CCN(C(=NC)NCC(C)(C)c2ccccc2Cl)CC1.I. The summed E-state index contributed by atoms with van der Waals surface area (Å²) in [6.45, 7) is 10.0. The third-order valence-corrected chi connectivity index (χ3v) is 4.98. The number of benzene rings is 1. The number of ether oxygens (including phenoxy) is 1. The van der Waals surface area contributed by atoms with Crippen LogP contribution in [-0.2, 0) is 10.2 Å². The lowest BCUT2D eigenvalue weighted by atomic mass is 9.84. The lowest BCUT2D eigenvalue weighted by Gasteiger charge is -2.35. The number of nitrogens with zero attached hydrogens (tertiary/aromatic N) is 2. The molecular weight excluding hydrogens is 449 g/mol. The van der Waals surface area contributed by atoms with Crippen LogP contribution >= 0.6 is 35.6 Å². The van der Waals surface area contributed by atoms with E-state index in [4.69, 9.17) is 16.3 Å². The summed E-state index contributed by atoms with van der Waals surface area (Å²) in [5.41, 5.74) is 1.09. The molecule has 0 radical (unpaired) electrons. The summed E-state index contributed by atoms with van der Waals surface area (Å²) in [6, 6.07) is 8.05. The van der Waals surface area contributed by atoms with Gasteiger partial charge >= 0.3 is 0 Å². The van der Waals surface area contributed by atoms with Crippen molar-refractivity contribution in [2.24, 2.45) is 4.99 Å². The summed E-state index contributed by atoms with van der Waals surface area (Å²) in [5.74, 6) is 0.963. The number of hydrogen-bond donors (Lipinski definition) is 1. The normalized spacial score (nSPS) is 16.5. The molecule has 0 saturated carbocycles. The molecule has 0 amide bonds. The van der Waals surface area contributed by atoms with Crippen LogP contribution in [-0.4, -0.2) is 50.3 Å². The van der Waals surface area contributed by atoms with Gasteiger partial charge in [0.05, 0.1) is 6.10 Å². The predicted molar refractivity (Wildman–Crippen MR) is 117 cm³/mol. The van der Waals surface area contributed by atoms with Crippen LogP contribution < -0.4 is 5.32 Å². The van der Waals surface area contributed by atoms with Crippen molar-refractivity contribution in [3.05, 3.63) is 34.9 Å². The van der Waals surface area contributed by atoms with Crippen LogP contribution in [0, 0.1) is 0 Å². The van der Waals surface area contributed by atoms with E-state index < -0.39 is 0 Å². The minimum atomic E-state index is -0.0715. The highest BCUT2D eigenvalue weighted by atomic mass is 127. The van der Waals surface area contributed by atoms with Crippen molar-refractivity contribution in [2.75, 3.05) is 33.3 Å². The Morgan fingerprint density at radius 3 is 2.52 bits per heavy atom. The molecule has 1 aliphatic heterocycles. The third-order valence-electron chi connectivity index (χ3n) is 4.65. The molecule has 1 aromatic rings. The average molecular weight is 480 g/mol. The Morgan fingerprint density at radius 2 is 1.96 bits per heavy atom. The number of nitrogens with one attached hydrogen (secondary N) is 1. The number of halogens is 2. The monoisotopic (exact) mass is 479 g/mol. The Labute approximate surface area is 174 Å². The maximum absolute atomic E-state index is 6.37. The van der Waals surface area contributed by atoms with Crippen molar-refractivity contribution >= 4 is 41.5 Å². The molecule has 142 valence electrons. The number of guanidine groups is 1. The van der Waals surface area contributed by atoms with E-state index in [1.807, 2.05) is 25.2 Å². The standard InChI is InChI=1S/C19H30ClN3O.HI/c1-5-24-15-10-12-23(13-11-15)18(21-4)22-14-19(2,3)16-8-6-7-9-17(16)20;/h6-9,15H,5,10-14H2,1-4H3,(H,21,22);1H. The van der Waals surface area contributed by atoms with E-state index in [2.05, 4.69) is 42.0 Å². The Kier molecular flexibility index (Phi) is 9.52. The summed E-state index contributed by atoms with van der Waals surface area (Å²) >= 11 is 6.37. The smallest absolute Gasteiger partial charge is 0.193 e. The van der Waals surface area contributed by atoms with E-state index in [0.29, 0.717) is 6.10 Å². The van der Waals surface area contributed by atoms with Gasteiger partial charge in [-0.3, -0.25) is 4.99 Å². The Morgan fingerprint density at radius 1 is 1.32 bits per heavy atom. The van der Waals surface area contributed by atoms with E-state index in [1.54, 1.807) is 0 Å². The maximum atomic E-state index is 6.37. The van der Waals surface area contributed by atoms with Gasteiger partial charge in [0.25, 0.3) is 0 Å². The van der Waals surface area contributed by atoms with Crippen molar-refractivity contribution in [3.63, 3.8) is 0 Å². The van der Waals surface area contributed by atoms with Crippen molar-refractivity contribution in [3.8, 4) is 0 Å². The topological polar surface area (TPSA) is 36.9 Å². The Hall–Kier alpha value is -0.530. The second-order valence-electron chi connectivity index (χ2n) is 6.91. The molecule has 1 fully saturated rings. The minimum Gasteiger partial charge on any atom is -0.378 e. The van der Waals surface area contributed by atoms with Gasteiger partial charge in [-0.25, -0.2) is 0 Å². The van der Waals surface area contributed by atoms with Gasteiger partial charge in [-0.15, -0.1) is 24.0 Å². The maximum Gasteiger partial charge on any atom is 0.193 e. The number of aliphatic imine (C=N–C) groups is 1. The molecular formula is C19H31ClIN3O. The molecule has 0 bridgehead atoms. The molecule has 0 unspecified atom stereocenters. The summed E-state index contributed by atoms with van der Waals surface area (Å²) in [5, 5.41) is 4.34. The molecule has 0 aliphatic carbocycles. The molecule has 25 heavy (non-hydrogen) atoms. The van der Waals surface area contributed by atoms with Gasteiger partial charge in [0.15, 0.2) is 5.96 Å². The first kappa shape index (κ1) is 22.5. The summed E-state index contributed by atoms with van der Waals surface area (Å²) in [7, 11) is 1.85. The highest BCUT2D eigenvalue weighted by Crippen LogP contribution is 2.29. The molecule has 1 N–H and O–H groups in total. The first-order chi connectivity index (χ1) is 11.5. The highest BCUT2D eigenvalue weighted by Gasteiger charge is 2.26. The summed E-state index contributed by atoms with van der Waals surface area (Å²) in [6.07, 6.45) is 2.51. The zero-order valence-corrected chi connectivity index (χ0v) is 18.8. The molecule has 4 nitrogen and oxygen atoms in total. The Balaban J connectivity index is 0.00000312. The molecule has 1 aromatic carbocycles. The molecule has 6 heteroatoms. The van der Waals surface area contributed by atoms with E-state index in [-0.39, 0.29) is 29.4 Å². The fourth-order valence-electron chi connectivity index (χ4n) is 3.21. The van der Waals surface area contributed by atoms with Crippen molar-refractivity contribution in [1.29, 1.82) is 0 Å². The summed E-state index contributed by atoms with van der Waals surface area (Å²) < 4.78 is 5.73. The predicted octanol–water partition coefficient (Wildman–Crippen LogP) is 4.31. The van der Waals surface area contributed by atoms with Crippen LogP contribution in [0.4, 0.5) is 0 Å². The molecule has 0 spiro atoms. The van der Waals surface area contributed by atoms with Crippen LogP contribution in [0.3, 0.4) is 0 Å². The number of likely N-dealkylation sites (tertiary alicyclic amines) is 1. The molecule has 1 aliphatic rings. The number of hydrogen-bond acceptors (Lipinski definition) is 2. The average Bonchev–Trinajstić information content (AvgIpc) is 2.57. The molecule has 1 saturated heterocycles. The summed E-state index contributed by atoms with van der Waals surface area (Å²) in [4.78, 5) is 6.78. The van der Waals surface area contributed by atoms with Gasteiger partial charge in [-0.2, -0.15) is 0 Å². The lowest BCUT2D eigenvalue weighted by Crippen LogP contribution is -2.49. The number of rotatable bonds is 5. The Bertz CT molecular complexity index is 557. The molecule has 0 atom stereocenters. The largest absolute Gasteiger partial charge is 0.378 e. The van der Waals surface area contributed by atoms with Crippen molar-refractivity contribution < 1.29 is 4.74 Å². The van der Waals surface area contributed by atoms with Crippen LogP contribution in [0.1, 0.15) is 39.2 Å². The van der Waals surface area contributed by atoms with Crippen LogP contribution in [0.15, 0.2) is 29.3 Å². The minimum absolute atomic E-state index is 0. The highest BCUT2D eigenvalue weighted by molar-refractivity contribution is 14.0. The molecule has 0 aromatic heterocycles. The number of piperidine rings is 1. The van der Waals surface area contributed by atoms with Gasteiger partial charge in [-0.05, 0) is 31.4 Å². The lowest BCUT2D eigenvalue weighted by molar-refractivity contribution is 0.0263. The zero-order chi connectivity index (χ0) is 17.6. The van der Waals surface area contributed by atoms with Crippen LogP contribution in [0.25, 0.3) is 0 Å². The van der Waals surface area contributed by atoms with Gasteiger partial charge in [0.1, 0.15) is 0 Å². The fourth-order valence-corrected chi connectivity index (χ4v) is 3.60. The van der Waals surface area contributed by atoms with Crippen LogP contribution in [0.5, 0.6) is 0 Å². The third kappa shape index (κ3) is 6.29. The fraction of sp³-hybridized carbons (Fsp3) is 0.632. The first-order valence-corrected chi connectivity index (χ1v) is 9.18. The molecule has 2 rings (SSSR count). The van der Waals surface area contributed by atoms with E-state index in [1.165, 1.54) is 0 Å². The van der Waals surface area contributed by atoms with Gasteiger partial charge < -0.3 is 15.0 Å². The van der Waals surface area contributed by atoms with Crippen molar-refractivity contribution in [2.45, 2.75) is 45.1 Å². The van der Waals surface area contributed by atoms with E-state index >= 15 is 0 Å². The van der Waals surface area contributed by atoms with Crippen LogP contribution in [0.2, 0.25) is 5.02 Å². The quantitative estimate of drug-likeness (QED) is 0.388.